The van der Waals surface area contributed by atoms with Crippen molar-refractivity contribution in [1.29, 1.82) is 0 Å². The Hall–Kier alpha value is -3.94. The van der Waals surface area contributed by atoms with Crippen molar-refractivity contribution in [2.24, 2.45) is 0 Å². The van der Waals surface area contributed by atoms with Gasteiger partial charge in [0.05, 0.1) is 17.6 Å². The zero-order valence-electron chi connectivity index (χ0n) is 18.9. The first-order valence-electron chi connectivity index (χ1n) is 11.7. The number of aromatic nitrogens is 4. The van der Waals surface area contributed by atoms with Gasteiger partial charge in [0.1, 0.15) is 6.54 Å². The van der Waals surface area contributed by atoms with Crippen molar-refractivity contribution in [1.82, 2.24) is 18.7 Å². The summed E-state index contributed by atoms with van der Waals surface area (Å²) in [5.74, 6) is 0.00992. The SMILES string of the molecule is O=C(Cn1c(=O)ccn(Cc2ccccc2)c1=O)Nc1nc2ccccc2n1C1CCCCC1. The Morgan fingerprint density at radius 3 is 2.47 bits per heavy atom. The van der Waals surface area contributed by atoms with Crippen LogP contribution in [0.25, 0.3) is 11.0 Å². The van der Waals surface area contributed by atoms with Crippen LogP contribution in [-0.4, -0.2) is 24.6 Å². The second-order valence-corrected chi connectivity index (χ2v) is 8.77. The zero-order valence-corrected chi connectivity index (χ0v) is 18.9. The summed E-state index contributed by atoms with van der Waals surface area (Å²) in [4.78, 5) is 43.0. The van der Waals surface area contributed by atoms with Gasteiger partial charge in [0.25, 0.3) is 5.56 Å². The molecule has 1 saturated carbocycles. The highest BCUT2D eigenvalue weighted by atomic mass is 16.2. The monoisotopic (exact) mass is 457 g/mol. The maximum absolute atomic E-state index is 13.0. The van der Waals surface area contributed by atoms with E-state index in [0.717, 1.165) is 46.8 Å². The Labute approximate surface area is 196 Å². The number of amides is 1. The minimum Gasteiger partial charge on any atom is -0.307 e. The molecule has 8 nitrogen and oxygen atoms in total. The summed E-state index contributed by atoms with van der Waals surface area (Å²) < 4.78 is 4.50. The number of anilines is 1. The molecule has 0 saturated heterocycles. The molecule has 8 heteroatoms. The smallest absolute Gasteiger partial charge is 0.307 e. The highest BCUT2D eigenvalue weighted by molar-refractivity contribution is 5.91. The third-order valence-electron chi connectivity index (χ3n) is 6.42. The van der Waals surface area contributed by atoms with Gasteiger partial charge in [-0.1, -0.05) is 61.7 Å². The first-order chi connectivity index (χ1) is 16.6. The highest BCUT2D eigenvalue weighted by Crippen LogP contribution is 2.34. The number of hydrogen-bond acceptors (Lipinski definition) is 4. The number of carbonyl (C=O) groups is 1. The molecule has 1 aliphatic carbocycles. The van der Waals surface area contributed by atoms with Gasteiger partial charge in [0.15, 0.2) is 0 Å². The molecule has 34 heavy (non-hydrogen) atoms. The van der Waals surface area contributed by atoms with E-state index in [0.29, 0.717) is 12.5 Å². The van der Waals surface area contributed by atoms with E-state index >= 15 is 0 Å². The third-order valence-corrected chi connectivity index (χ3v) is 6.42. The number of hydrogen-bond donors (Lipinski definition) is 1. The summed E-state index contributed by atoms with van der Waals surface area (Å²) in [7, 11) is 0. The summed E-state index contributed by atoms with van der Waals surface area (Å²) in [6.45, 7) is -0.0553. The van der Waals surface area contributed by atoms with Crippen LogP contribution >= 0.6 is 0 Å². The molecule has 1 fully saturated rings. The molecule has 0 aliphatic heterocycles. The molecule has 1 N–H and O–H groups in total. The maximum atomic E-state index is 13.0. The molecular weight excluding hydrogens is 430 g/mol. The van der Waals surface area contributed by atoms with Gasteiger partial charge in [-0.15, -0.1) is 0 Å². The first-order valence-corrected chi connectivity index (χ1v) is 11.7. The Balaban J connectivity index is 1.41. The van der Waals surface area contributed by atoms with Crippen molar-refractivity contribution in [3.63, 3.8) is 0 Å². The van der Waals surface area contributed by atoms with E-state index in [2.05, 4.69) is 14.9 Å². The lowest BCUT2D eigenvalue weighted by Crippen LogP contribution is -2.42. The van der Waals surface area contributed by atoms with Crippen molar-refractivity contribution in [2.45, 2.75) is 51.2 Å². The van der Waals surface area contributed by atoms with Crippen LogP contribution in [0.2, 0.25) is 0 Å². The zero-order chi connectivity index (χ0) is 23.5. The van der Waals surface area contributed by atoms with Crippen LogP contribution in [0.1, 0.15) is 43.7 Å². The molecule has 174 valence electrons. The van der Waals surface area contributed by atoms with Crippen LogP contribution < -0.4 is 16.6 Å². The lowest BCUT2D eigenvalue weighted by molar-refractivity contribution is -0.116. The van der Waals surface area contributed by atoms with Crippen LogP contribution in [0.15, 0.2) is 76.4 Å². The van der Waals surface area contributed by atoms with Crippen LogP contribution in [0, 0.1) is 0 Å². The minimum atomic E-state index is -0.521. The molecule has 2 aromatic heterocycles. The Morgan fingerprint density at radius 1 is 0.941 bits per heavy atom. The third kappa shape index (κ3) is 4.44. The summed E-state index contributed by atoms with van der Waals surface area (Å²) >= 11 is 0. The predicted molar refractivity (Wildman–Crippen MR) is 131 cm³/mol. The van der Waals surface area contributed by atoms with Gasteiger partial charge in [-0.2, -0.15) is 0 Å². The van der Waals surface area contributed by atoms with Gasteiger partial charge in [-0.25, -0.2) is 9.78 Å². The standard InChI is InChI=1S/C26H27N5O3/c32-23(18-30-24(33)15-16-29(26(30)34)17-19-9-3-1-4-10-19)28-25-27-21-13-7-8-14-22(21)31(25)20-11-5-2-6-12-20/h1,3-4,7-10,13-16,20H,2,5-6,11-12,17-18H2,(H,27,28,32). The summed E-state index contributed by atoms with van der Waals surface area (Å²) in [6, 6.07) is 18.9. The van der Waals surface area contributed by atoms with E-state index in [-0.39, 0.29) is 12.6 Å². The van der Waals surface area contributed by atoms with Crippen molar-refractivity contribution >= 4 is 22.9 Å². The molecule has 1 aliphatic rings. The van der Waals surface area contributed by atoms with Crippen molar-refractivity contribution in [3.8, 4) is 0 Å². The average molecular weight is 458 g/mol. The molecule has 1 amide bonds. The van der Waals surface area contributed by atoms with E-state index in [1.165, 1.54) is 23.3 Å². The van der Waals surface area contributed by atoms with Gasteiger partial charge in [-0.3, -0.25) is 24.0 Å². The van der Waals surface area contributed by atoms with E-state index in [4.69, 9.17) is 0 Å². The fourth-order valence-electron chi connectivity index (χ4n) is 4.75. The van der Waals surface area contributed by atoms with Crippen molar-refractivity contribution in [2.75, 3.05) is 5.32 Å². The molecule has 0 spiro atoms. The van der Waals surface area contributed by atoms with Gasteiger partial charge < -0.3 is 4.57 Å². The lowest BCUT2D eigenvalue weighted by atomic mass is 9.95. The summed E-state index contributed by atoms with van der Waals surface area (Å²) in [5.41, 5.74) is 1.69. The van der Waals surface area contributed by atoms with Gasteiger partial charge in [0.2, 0.25) is 11.9 Å². The van der Waals surface area contributed by atoms with Crippen LogP contribution in [0.5, 0.6) is 0 Å². The summed E-state index contributed by atoms with van der Waals surface area (Å²) in [5, 5.41) is 2.87. The second kappa shape index (κ2) is 9.51. The number of para-hydroxylation sites is 2. The molecule has 0 atom stereocenters. The molecule has 0 bridgehead atoms. The molecule has 0 unspecified atom stereocenters. The molecule has 5 rings (SSSR count). The number of benzene rings is 2. The van der Waals surface area contributed by atoms with Crippen LogP contribution in [0.3, 0.4) is 0 Å². The minimum absolute atomic E-state index is 0.263. The fourth-order valence-corrected chi connectivity index (χ4v) is 4.75. The molecule has 0 radical (unpaired) electrons. The number of imidazole rings is 1. The second-order valence-electron chi connectivity index (χ2n) is 8.77. The number of rotatable bonds is 6. The van der Waals surface area contributed by atoms with E-state index < -0.39 is 17.2 Å². The van der Waals surface area contributed by atoms with Gasteiger partial charge in [-0.05, 0) is 30.5 Å². The quantitative estimate of drug-likeness (QED) is 0.479. The Bertz CT molecular complexity index is 1430. The Morgan fingerprint density at radius 2 is 1.68 bits per heavy atom. The Kier molecular flexibility index (Phi) is 6.12. The topological polar surface area (TPSA) is 90.9 Å². The predicted octanol–water partition coefficient (Wildman–Crippen LogP) is 3.55. The van der Waals surface area contributed by atoms with Crippen molar-refractivity contribution < 1.29 is 4.79 Å². The number of nitrogens with zero attached hydrogens (tertiary/aromatic N) is 4. The molecule has 4 aromatic rings. The largest absolute Gasteiger partial charge is 0.331 e. The molecule has 2 heterocycles. The highest BCUT2D eigenvalue weighted by Gasteiger charge is 2.23. The molecule has 2 aromatic carbocycles. The summed E-state index contributed by atoms with van der Waals surface area (Å²) in [6.07, 6.45) is 7.04. The number of nitrogens with one attached hydrogen (secondary N) is 1. The first kappa shape index (κ1) is 21.9. The van der Waals surface area contributed by atoms with Crippen LogP contribution in [-0.2, 0) is 17.9 Å². The van der Waals surface area contributed by atoms with Gasteiger partial charge >= 0.3 is 5.69 Å². The van der Waals surface area contributed by atoms with Crippen LogP contribution in [0.4, 0.5) is 5.95 Å². The molecular formula is C26H27N5O3. The van der Waals surface area contributed by atoms with E-state index in [1.807, 2.05) is 54.6 Å². The average Bonchev–Trinajstić information content (AvgIpc) is 3.22. The van der Waals surface area contributed by atoms with E-state index in [1.54, 1.807) is 0 Å². The normalized spacial score (nSPS) is 14.4. The fraction of sp³-hybridized carbons (Fsp3) is 0.308. The maximum Gasteiger partial charge on any atom is 0.331 e. The lowest BCUT2D eigenvalue weighted by Gasteiger charge is -2.25. The van der Waals surface area contributed by atoms with E-state index in [9.17, 15) is 14.4 Å². The number of fused-ring (bicyclic) bond motifs is 1. The van der Waals surface area contributed by atoms with Crippen molar-refractivity contribution in [3.05, 3.63) is 93.3 Å². The number of carbonyl (C=O) groups excluding carboxylic acids is 1. The van der Waals surface area contributed by atoms with Gasteiger partial charge in [0, 0.05) is 18.3 Å².